The second kappa shape index (κ2) is 5.96. The van der Waals surface area contributed by atoms with Crippen molar-refractivity contribution in [2.75, 3.05) is 13.7 Å². The standard InChI is InChI=1S/C19H23N3O2/c1-24-17-7-3-2-5-15(17)16-6-4-11-22(16)18(23)19(8-9-19)13-21-12-10-20-14-21/h2-3,5,7,10,12,14,16H,4,6,8-9,11,13H2,1H3/t16-/m0/s1. The normalized spacial score (nSPS) is 21.7. The number of likely N-dealkylation sites (tertiary alicyclic amines) is 1. The van der Waals surface area contributed by atoms with Gasteiger partial charge in [-0.3, -0.25) is 4.79 Å². The van der Waals surface area contributed by atoms with Crippen LogP contribution in [0.15, 0.2) is 43.0 Å². The largest absolute Gasteiger partial charge is 0.496 e. The summed E-state index contributed by atoms with van der Waals surface area (Å²) in [6.45, 7) is 1.58. The van der Waals surface area contributed by atoms with Gasteiger partial charge in [0, 0.05) is 31.0 Å². The van der Waals surface area contributed by atoms with Crippen molar-refractivity contribution in [3.8, 4) is 5.75 Å². The number of rotatable bonds is 5. The summed E-state index contributed by atoms with van der Waals surface area (Å²) in [5.74, 6) is 1.17. The third kappa shape index (κ3) is 2.58. The van der Waals surface area contributed by atoms with Crippen LogP contribution in [0.2, 0.25) is 0 Å². The Labute approximate surface area is 142 Å². The van der Waals surface area contributed by atoms with E-state index in [0.717, 1.165) is 50.1 Å². The second-order valence-electron chi connectivity index (χ2n) is 6.91. The molecule has 0 bridgehead atoms. The van der Waals surface area contributed by atoms with Crippen LogP contribution in [0.3, 0.4) is 0 Å². The number of imidazole rings is 1. The predicted octanol–water partition coefficient (Wildman–Crippen LogP) is 3.04. The van der Waals surface area contributed by atoms with E-state index in [9.17, 15) is 4.79 Å². The lowest BCUT2D eigenvalue weighted by atomic mass is 10.00. The number of amides is 1. The molecular formula is C19H23N3O2. The van der Waals surface area contributed by atoms with E-state index in [4.69, 9.17) is 4.74 Å². The van der Waals surface area contributed by atoms with Crippen molar-refractivity contribution in [2.45, 2.75) is 38.3 Å². The predicted molar refractivity (Wildman–Crippen MR) is 90.6 cm³/mol. The van der Waals surface area contributed by atoms with E-state index in [-0.39, 0.29) is 11.5 Å². The molecule has 1 saturated heterocycles. The molecule has 1 saturated carbocycles. The zero-order chi connectivity index (χ0) is 16.6. The van der Waals surface area contributed by atoms with Crippen molar-refractivity contribution in [1.82, 2.24) is 14.5 Å². The first-order valence-electron chi connectivity index (χ1n) is 8.63. The fourth-order valence-corrected chi connectivity index (χ4v) is 3.90. The van der Waals surface area contributed by atoms with Gasteiger partial charge in [0.15, 0.2) is 0 Å². The van der Waals surface area contributed by atoms with Gasteiger partial charge in [-0.2, -0.15) is 0 Å². The van der Waals surface area contributed by atoms with Crippen molar-refractivity contribution < 1.29 is 9.53 Å². The molecule has 1 atom stereocenters. The van der Waals surface area contributed by atoms with E-state index >= 15 is 0 Å². The van der Waals surface area contributed by atoms with Crippen LogP contribution in [-0.2, 0) is 11.3 Å². The first kappa shape index (κ1) is 15.2. The number of hydrogen-bond acceptors (Lipinski definition) is 3. The molecule has 1 aliphatic carbocycles. The number of para-hydroxylation sites is 1. The minimum Gasteiger partial charge on any atom is -0.496 e. The monoisotopic (exact) mass is 325 g/mol. The molecule has 126 valence electrons. The Bertz CT molecular complexity index is 722. The maximum Gasteiger partial charge on any atom is 0.231 e. The van der Waals surface area contributed by atoms with Crippen LogP contribution < -0.4 is 4.74 Å². The molecule has 1 aliphatic heterocycles. The van der Waals surface area contributed by atoms with E-state index in [1.807, 2.05) is 29.0 Å². The van der Waals surface area contributed by atoms with Crippen molar-refractivity contribution in [3.05, 3.63) is 48.5 Å². The smallest absolute Gasteiger partial charge is 0.231 e. The number of carbonyl (C=O) groups is 1. The number of hydrogen-bond donors (Lipinski definition) is 0. The first-order valence-corrected chi connectivity index (χ1v) is 8.63. The summed E-state index contributed by atoms with van der Waals surface area (Å²) in [5, 5.41) is 0. The van der Waals surface area contributed by atoms with Crippen LogP contribution in [-0.4, -0.2) is 34.0 Å². The molecule has 0 N–H and O–H groups in total. The Kier molecular flexibility index (Phi) is 3.79. The average Bonchev–Trinajstić information content (AvgIpc) is 3.02. The molecule has 5 heteroatoms. The lowest BCUT2D eigenvalue weighted by Crippen LogP contribution is -2.38. The summed E-state index contributed by atoms with van der Waals surface area (Å²) in [6, 6.07) is 8.20. The minimum absolute atomic E-state index is 0.133. The summed E-state index contributed by atoms with van der Waals surface area (Å²) < 4.78 is 7.55. The van der Waals surface area contributed by atoms with E-state index in [2.05, 4.69) is 16.0 Å². The number of benzene rings is 1. The highest BCUT2D eigenvalue weighted by molar-refractivity contribution is 5.86. The molecule has 2 heterocycles. The Hall–Kier alpha value is -2.30. The molecule has 0 spiro atoms. The maximum atomic E-state index is 13.3. The van der Waals surface area contributed by atoms with Gasteiger partial charge in [0.1, 0.15) is 5.75 Å². The maximum absolute atomic E-state index is 13.3. The third-order valence-electron chi connectivity index (χ3n) is 5.36. The van der Waals surface area contributed by atoms with Gasteiger partial charge in [-0.05, 0) is 31.7 Å². The van der Waals surface area contributed by atoms with Crippen LogP contribution in [0.4, 0.5) is 0 Å². The average molecular weight is 325 g/mol. The highest BCUT2D eigenvalue weighted by atomic mass is 16.5. The molecular weight excluding hydrogens is 302 g/mol. The van der Waals surface area contributed by atoms with Crippen molar-refractivity contribution >= 4 is 5.91 Å². The minimum atomic E-state index is -0.231. The molecule has 2 aliphatic rings. The lowest BCUT2D eigenvalue weighted by molar-refractivity contribution is -0.138. The molecule has 1 aromatic heterocycles. The summed E-state index contributed by atoms with van der Waals surface area (Å²) >= 11 is 0. The molecule has 5 nitrogen and oxygen atoms in total. The van der Waals surface area contributed by atoms with Crippen molar-refractivity contribution in [3.63, 3.8) is 0 Å². The van der Waals surface area contributed by atoms with Gasteiger partial charge in [-0.25, -0.2) is 4.98 Å². The molecule has 0 radical (unpaired) electrons. The Morgan fingerprint density at radius 3 is 2.92 bits per heavy atom. The number of aromatic nitrogens is 2. The molecule has 2 fully saturated rings. The summed E-state index contributed by atoms with van der Waals surface area (Å²) in [7, 11) is 1.70. The van der Waals surface area contributed by atoms with E-state index < -0.39 is 0 Å². The highest BCUT2D eigenvalue weighted by Gasteiger charge is 2.53. The molecule has 1 amide bonds. The number of carbonyl (C=O) groups excluding carboxylic acids is 1. The molecule has 1 aromatic carbocycles. The van der Waals surface area contributed by atoms with Gasteiger partial charge in [-0.1, -0.05) is 18.2 Å². The highest BCUT2D eigenvalue weighted by Crippen LogP contribution is 2.51. The second-order valence-corrected chi connectivity index (χ2v) is 6.91. The molecule has 24 heavy (non-hydrogen) atoms. The third-order valence-corrected chi connectivity index (χ3v) is 5.36. The topological polar surface area (TPSA) is 47.4 Å². The van der Waals surface area contributed by atoms with Gasteiger partial charge >= 0.3 is 0 Å². The van der Waals surface area contributed by atoms with Gasteiger partial charge in [0.25, 0.3) is 0 Å². The van der Waals surface area contributed by atoms with E-state index in [0.29, 0.717) is 5.91 Å². The van der Waals surface area contributed by atoms with Crippen molar-refractivity contribution in [2.24, 2.45) is 5.41 Å². The van der Waals surface area contributed by atoms with Crippen LogP contribution in [0.1, 0.15) is 37.3 Å². The van der Waals surface area contributed by atoms with E-state index in [1.165, 1.54) is 0 Å². The van der Waals surface area contributed by atoms with Crippen LogP contribution in [0, 0.1) is 5.41 Å². The Balaban J connectivity index is 1.57. The first-order chi connectivity index (χ1) is 11.7. The SMILES string of the molecule is COc1ccccc1[C@@H]1CCCN1C(=O)C1(Cn2ccnc2)CC1. The Morgan fingerprint density at radius 1 is 1.38 bits per heavy atom. The van der Waals surface area contributed by atoms with Crippen LogP contribution >= 0.6 is 0 Å². The van der Waals surface area contributed by atoms with Gasteiger partial charge in [-0.15, -0.1) is 0 Å². The fraction of sp³-hybridized carbons (Fsp3) is 0.474. The molecule has 0 unspecified atom stereocenters. The number of methoxy groups -OCH3 is 1. The van der Waals surface area contributed by atoms with Crippen molar-refractivity contribution in [1.29, 1.82) is 0 Å². The Morgan fingerprint density at radius 2 is 2.21 bits per heavy atom. The molecule has 4 rings (SSSR count). The van der Waals surface area contributed by atoms with E-state index in [1.54, 1.807) is 19.6 Å². The van der Waals surface area contributed by atoms with Gasteiger partial charge in [0.05, 0.1) is 24.9 Å². The zero-order valence-corrected chi connectivity index (χ0v) is 14.0. The quantitative estimate of drug-likeness (QED) is 0.849. The lowest BCUT2D eigenvalue weighted by Gasteiger charge is -2.30. The summed E-state index contributed by atoms with van der Waals surface area (Å²) in [6.07, 6.45) is 9.51. The molecule has 2 aromatic rings. The van der Waals surface area contributed by atoms with Crippen LogP contribution in [0.5, 0.6) is 5.75 Å². The summed E-state index contributed by atoms with van der Waals surface area (Å²) in [4.78, 5) is 19.5. The summed E-state index contributed by atoms with van der Waals surface area (Å²) in [5.41, 5.74) is 0.898. The number of ether oxygens (including phenoxy) is 1. The van der Waals surface area contributed by atoms with Crippen LogP contribution in [0.25, 0.3) is 0 Å². The van der Waals surface area contributed by atoms with Gasteiger partial charge in [0.2, 0.25) is 5.91 Å². The number of nitrogens with zero attached hydrogens (tertiary/aromatic N) is 3. The fourth-order valence-electron chi connectivity index (χ4n) is 3.90. The zero-order valence-electron chi connectivity index (χ0n) is 14.0. The van der Waals surface area contributed by atoms with Gasteiger partial charge < -0.3 is 14.2 Å².